The zero-order chi connectivity index (χ0) is 20.5. The molecule has 0 spiro atoms. The van der Waals surface area contributed by atoms with Gasteiger partial charge in [0.25, 0.3) is 5.91 Å². The number of hydrogen-bond donors (Lipinski definition) is 3. The quantitative estimate of drug-likeness (QED) is 0.744. The Hall–Kier alpha value is -2.58. The summed E-state index contributed by atoms with van der Waals surface area (Å²) in [5, 5.41) is 23.0. The van der Waals surface area contributed by atoms with Crippen molar-refractivity contribution in [3.63, 3.8) is 0 Å². The maximum absolute atomic E-state index is 12.8. The zero-order valence-electron chi connectivity index (χ0n) is 15.0. The Morgan fingerprint density at radius 2 is 1.68 bits per heavy atom. The molecule has 1 amide bonds. The lowest BCUT2D eigenvalue weighted by molar-refractivity contribution is -0.137. The van der Waals surface area contributed by atoms with Crippen LogP contribution in [0.5, 0.6) is 5.75 Å². The second kappa shape index (κ2) is 7.81. The van der Waals surface area contributed by atoms with E-state index in [2.05, 4.69) is 5.32 Å². The summed E-state index contributed by atoms with van der Waals surface area (Å²) < 4.78 is 43.3. The van der Waals surface area contributed by atoms with E-state index >= 15 is 0 Å². The highest BCUT2D eigenvalue weighted by molar-refractivity contribution is 5.94. The van der Waals surface area contributed by atoms with Crippen LogP contribution in [0.3, 0.4) is 0 Å². The Morgan fingerprint density at radius 1 is 1.07 bits per heavy atom. The van der Waals surface area contributed by atoms with E-state index in [0.29, 0.717) is 16.9 Å². The summed E-state index contributed by atoms with van der Waals surface area (Å²) in [5.74, 6) is -0.400. The maximum Gasteiger partial charge on any atom is 0.416 e. The van der Waals surface area contributed by atoms with Crippen LogP contribution in [0, 0.1) is 0 Å². The van der Waals surface area contributed by atoms with Crippen molar-refractivity contribution >= 4 is 5.91 Å². The molecule has 0 aliphatic heterocycles. The topological polar surface area (TPSA) is 78.8 Å². The van der Waals surface area contributed by atoms with Crippen molar-refractivity contribution in [3.05, 3.63) is 65.2 Å². The van der Waals surface area contributed by atoms with Gasteiger partial charge in [0.1, 0.15) is 11.9 Å². The summed E-state index contributed by atoms with van der Waals surface area (Å²) in [5.41, 5.74) is 0.0540. The first kappa shape index (κ1) is 20.2. The molecule has 1 saturated carbocycles. The first-order chi connectivity index (χ1) is 13.2. The number of aliphatic hydroxyl groups is 2. The summed E-state index contributed by atoms with van der Waals surface area (Å²) in [4.78, 5) is 12.5. The zero-order valence-corrected chi connectivity index (χ0v) is 15.0. The summed E-state index contributed by atoms with van der Waals surface area (Å²) in [6, 6.07) is 10.0. The SMILES string of the molecule is COc1ccc(C(=O)NC2C(c3ccc(C(F)(F)F)cc3)CC(O)C2O)cc1. The van der Waals surface area contributed by atoms with Gasteiger partial charge in [0.05, 0.1) is 24.8 Å². The highest BCUT2D eigenvalue weighted by Crippen LogP contribution is 2.37. The van der Waals surface area contributed by atoms with Crippen LogP contribution in [0.1, 0.15) is 33.8 Å². The lowest BCUT2D eigenvalue weighted by Crippen LogP contribution is -2.45. The summed E-state index contributed by atoms with van der Waals surface area (Å²) in [6.07, 6.45) is -6.64. The van der Waals surface area contributed by atoms with Gasteiger partial charge in [0.2, 0.25) is 0 Å². The number of carbonyl (C=O) groups is 1. The van der Waals surface area contributed by atoms with Crippen LogP contribution in [0.15, 0.2) is 48.5 Å². The van der Waals surface area contributed by atoms with Crippen molar-refractivity contribution in [2.45, 2.75) is 36.8 Å². The molecule has 8 heteroatoms. The lowest BCUT2D eigenvalue weighted by atomic mass is 9.92. The summed E-state index contributed by atoms with van der Waals surface area (Å²) in [7, 11) is 1.50. The van der Waals surface area contributed by atoms with Crippen molar-refractivity contribution in [3.8, 4) is 5.75 Å². The third-order valence-electron chi connectivity index (χ3n) is 5.01. The van der Waals surface area contributed by atoms with Crippen molar-refractivity contribution in [2.24, 2.45) is 0 Å². The van der Waals surface area contributed by atoms with Gasteiger partial charge in [-0.3, -0.25) is 4.79 Å². The minimum atomic E-state index is -4.45. The number of amides is 1. The number of hydrogen-bond acceptors (Lipinski definition) is 4. The number of carbonyl (C=O) groups excluding carboxylic acids is 1. The number of halogens is 3. The molecule has 5 nitrogen and oxygen atoms in total. The van der Waals surface area contributed by atoms with E-state index in [0.717, 1.165) is 12.1 Å². The minimum Gasteiger partial charge on any atom is -0.497 e. The number of benzene rings is 2. The summed E-state index contributed by atoms with van der Waals surface area (Å²) in [6.45, 7) is 0. The first-order valence-electron chi connectivity index (χ1n) is 8.69. The second-order valence-electron chi connectivity index (χ2n) is 6.75. The predicted octanol–water partition coefficient (Wildman–Crippen LogP) is 2.72. The molecule has 1 aliphatic rings. The lowest BCUT2D eigenvalue weighted by Gasteiger charge is -2.24. The molecular weight excluding hydrogens is 375 g/mol. The molecule has 3 rings (SSSR count). The van der Waals surface area contributed by atoms with Crippen LogP contribution < -0.4 is 10.1 Å². The van der Waals surface area contributed by atoms with E-state index in [1.807, 2.05) is 0 Å². The molecule has 0 radical (unpaired) electrons. The van der Waals surface area contributed by atoms with E-state index in [9.17, 15) is 28.2 Å². The van der Waals surface area contributed by atoms with Crippen LogP contribution in [0.4, 0.5) is 13.2 Å². The fraction of sp³-hybridized carbons (Fsp3) is 0.350. The van der Waals surface area contributed by atoms with Gasteiger partial charge in [-0.05, 0) is 48.4 Å². The largest absolute Gasteiger partial charge is 0.497 e. The van der Waals surface area contributed by atoms with Gasteiger partial charge in [0.15, 0.2) is 0 Å². The molecule has 1 aliphatic carbocycles. The van der Waals surface area contributed by atoms with Gasteiger partial charge in [-0.25, -0.2) is 0 Å². The van der Waals surface area contributed by atoms with Crippen LogP contribution >= 0.6 is 0 Å². The number of ether oxygens (including phenoxy) is 1. The molecule has 28 heavy (non-hydrogen) atoms. The number of methoxy groups -OCH3 is 1. The number of rotatable bonds is 4. The smallest absolute Gasteiger partial charge is 0.416 e. The molecule has 0 aromatic heterocycles. The highest BCUT2D eigenvalue weighted by atomic mass is 19.4. The number of aliphatic hydroxyl groups excluding tert-OH is 2. The van der Waals surface area contributed by atoms with Crippen LogP contribution in [-0.4, -0.2) is 41.5 Å². The average molecular weight is 395 g/mol. The highest BCUT2D eigenvalue weighted by Gasteiger charge is 2.43. The van der Waals surface area contributed by atoms with Crippen molar-refractivity contribution in [1.29, 1.82) is 0 Å². The standard InChI is InChI=1S/C20H20F3NO4/c1-28-14-8-4-12(5-9-14)19(27)24-17-15(10-16(25)18(17)26)11-2-6-13(7-3-11)20(21,22)23/h2-9,15-18,25-26H,10H2,1H3,(H,24,27). The molecule has 1 fully saturated rings. The molecule has 0 saturated heterocycles. The molecule has 4 atom stereocenters. The Bertz CT molecular complexity index is 821. The molecule has 4 unspecified atom stereocenters. The predicted molar refractivity (Wildman–Crippen MR) is 95.1 cm³/mol. The Morgan fingerprint density at radius 3 is 2.21 bits per heavy atom. The minimum absolute atomic E-state index is 0.125. The molecule has 150 valence electrons. The number of alkyl halides is 3. The van der Waals surface area contributed by atoms with E-state index in [4.69, 9.17) is 4.74 Å². The van der Waals surface area contributed by atoms with Crippen LogP contribution in [0.2, 0.25) is 0 Å². The van der Waals surface area contributed by atoms with Gasteiger partial charge in [-0.15, -0.1) is 0 Å². The fourth-order valence-electron chi connectivity index (χ4n) is 3.45. The van der Waals surface area contributed by atoms with Crippen LogP contribution in [0.25, 0.3) is 0 Å². The third-order valence-corrected chi connectivity index (χ3v) is 5.01. The molecule has 3 N–H and O–H groups in total. The van der Waals surface area contributed by atoms with Gasteiger partial charge in [-0.1, -0.05) is 12.1 Å². The van der Waals surface area contributed by atoms with Crippen LogP contribution in [-0.2, 0) is 6.18 Å². The average Bonchev–Trinajstić information content (AvgIpc) is 2.96. The Labute approximate surface area is 159 Å². The first-order valence-corrected chi connectivity index (χ1v) is 8.69. The monoisotopic (exact) mass is 395 g/mol. The van der Waals surface area contributed by atoms with Crippen molar-refractivity contribution < 1.29 is 32.9 Å². The van der Waals surface area contributed by atoms with Gasteiger partial charge < -0.3 is 20.3 Å². The van der Waals surface area contributed by atoms with Crippen molar-refractivity contribution in [2.75, 3.05) is 7.11 Å². The van der Waals surface area contributed by atoms with Gasteiger partial charge in [0, 0.05) is 11.5 Å². The normalized spacial score (nSPS) is 24.8. The third kappa shape index (κ3) is 4.13. The Balaban J connectivity index is 1.80. The van der Waals surface area contributed by atoms with E-state index in [1.165, 1.54) is 19.2 Å². The van der Waals surface area contributed by atoms with Crippen molar-refractivity contribution in [1.82, 2.24) is 5.32 Å². The van der Waals surface area contributed by atoms with E-state index in [-0.39, 0.29) is 6.42 Å². The molecule has 2 aromatic rings. The fourth-order valence-corrected chi connectivity index (χ4v) is 3.45. The van der Waals surface area contributed by atoms with E-state index in [1.54, 1.807) is 24.3 Å². The molecule has 0 bridgehead atoms. The van der Waals surface area contributed by atoms with E-state index < -0.39 is 41.8 Å². The molecule has 2 aromatic carbocycles. The Kier molecular flexibility index (Phi) is 5.62. The summed E-state index contributed by atoms with van der Waals surface area (Å²) >= 11 is 0. The molecular formula is C20H20F3NO4. The maximum atomic E-state index is 12.8. The number of nitrogens with one attached hydrogen (secondary N) is 1. The van der Waals surface area contributed by atoms with Gasteiger partial charge in [-0.2, -0.15) is 13.2 Å². The second-order valence-corrected chi connectivity index (χ2v) is 6.75. The van der Waals surface area contributed by atoms with Gasteiger partial charge >= 0.3 is 6.18 Å². The molecule has 0 heterocycles.